The van der Waals surface area contributed by atoms with Crippen LogP contribution in [0, 0.1) is 0 Å². The summed E-state index contributed by atoms with van der Waals surface area (Å²) in [5, 5.41) is 0.162. The van der Waals surface area contributed by atoms with Crippen molar-refractivity contribution in [1.29, 1.82) is 0 Å². The lowest BCUT2D eigenvalue weighted by Gasteiger charge is -1.95. The zero-order valence-corrected chi connectivity index (χ0v) is 8.84. The minimum atomic E-state index is 0.162. The third-order valence-corrected chi connectivity index (χ3v) is 2.25. The van der Waals surface area contributed by atoms with E-state index < -0.39 is 0 Å². The number of hydrogen-bond donors (Lipinski definition) is 0. The fourth-order valence-corrected chi connectivity index (χ4v) is 1.56. The molecule has 4 heteroatoms. The SMILES string of the molecule is Clc1ncc(-c2cccc(Br)c2)o1. The quantitative estimate of drug-likeness (QED) is 0.778. The standard InChI is InChI=1S/C9H5BrClNO/c10-7-3-1-2-6(4-7)8-5-12-9(11)13-8/h1-5H. The Morgan fingerprint density at radius 3 is 2.85 bits per heavy atom. The lowest BCUT2D eigenvalue weighted by Crippen LogP contribution is -1.72. The zero-order chi connectivity index (χ0) is 9.26. The van der Waals surface area contributed by atoms with E-state index in [-0.39, 0.29) is 5.35 Å². The van der Waals surface area contributed by atoms with E-state index in [4.69, 9.17) is 16.0 Å². The van der Waals surface area contributed by atoms with Crippen molar-refractivity contribution in [2.45, 2.75) is 0 Å². The van der Waals surface area contributed by atoms with Crippen LogP contribution in [0.25, 0.3) is 11.3 Å². The average molecular weight is 259 g/mol. The molecule has 0 bridgehead atoms. The van der Waals surface area contributed by atoms with E-state index in [1.165, 1.54) is 0 Å². The molecule has 1 aromatic heterocycles. The molecule has 66 valence electrons. The molecule has 2 nitrogen and oxygen atoms in total. The smallest absolute Gasteiger partial charge is 0.292 e. The molecule has 2 aromatic rings. The van der Waals surface area contributed by atoms with Crippen molar-refractivity contribution < 1.29 is 4.42 Å². The molecule has 1 aromatic carbocycles. The normalized spacial score (nSPS) is 10.3. The van der Waals surface area contributed by atoms with Gasteiger partial charge in [0.25, 0.3) is 5.35 Å². The highest BCUT2D eigenvalue weighted by Crippen LogP contribution is 2.24. The van der Waals surface area contributed by atoms with Gasteiger partial charge < -0.3 is 4.42 Å². The third-order valence-electron chi connectivity index (χ3n) is 1.59. The Balaban J connectivity index is 2.46. The second-order valence-electron chi connectivity index (χ2n) is 2.49. The molecule has 0 aliphatic rings. The van der Waals surface area contributed by atoms with E-state index in [1.54, 1.807) is 6.20 Å². The lowest BCUT2D eigenvalue weighted by molar-refractivity contribution is 0.574. The molecule has 0 fully saturated rings. The maximum absolute atomic E-state index is 5.56. The molecule has 0 spiro atoms. The number of hydrogen-bond acceptors (Lipinski definition) is 2. The summed E-state index contributed by atoms with van der Waals surface area (Å²) in [5.41, 5.74) is 0.953. The largest absolute Gasteiger partial charge is 0.428 e. The minimum absolute atomic E-state index is 0.162. The molecule has 0 aliphatic carbocycles. The van der Waals surface area contributed by atoms with Crippen molar-refractivity contribution in [2.24, 2.45) is 0 Å². The zero-order valence-electron chi connectivity index (χ0n) is 6.50. The number of aromatic nitrogens is 1. The van der Waals surface area contributed by atoms with Crippen LogP contribution >= 0.6 is 27.5 Å². The Labute approximate surface area is 88.7 Å². The van der Waals surface area contributed by atoms with Crippen LogP contribution in [0.15, 0.2) is 39.4 Å². The van der Waals surface area contributed by atoms with Gasteiger partial charge in [-0.1, -0.05) is 28.1 Å². The summed E-state index contributed by atoms with van der Waals surface area (Å²) in [5.74, 6) is 0.673. The van der Waals surface area contributed by atoms with Gasteiger partial charge in [-0.15, -0.1) is 0 Å². The Kier molecular flexibility index (Phi) is 2.38. The first kappa shape index (κ1) is 8.78. The second-order valence-corrected chi connectivity index (χ2v) is 3.73. The first-order valence-electron chi connectivity index (χ1n) is 3.63. The molecule has 2 rings (SSSR count). The number of rotatable bonds is 1. The summed E-state index contributed by atoms with van der Waals surface area (Å²) >= 11 is 8.93. The van der Waals surface area contributed by atoms with Crippen LogP contribution in [0.2, 0.25) is 5.35 Å². The van der Waals surface area contributed by atoms with E-state index in [1.807, 2.05) is 24.3 Å². The molecule has 13 heavy (non-hydrogen) atoms. The van der Waals surface area contributed by atoms with E-state index in [9.17, 15) is 0 Å². The Hall–Kier alpha value is -0.800. The first-order chi connectivity index (χ1) is 6.25. The molecule has 0 N–H and O–H groups in total. The van der Waals surface area contributed by atoms with Crippen molar-refractivity contribution in [2.75, 3.05) is 0 Å². The van der Waals surface area contributed by atoms with Crippen LogP contribution in [0.1, 0.15) is 0 Å². The summed E-state index contributed by atoms with van der Waals surface area (Å²) in [6, 6.07) is 7.75. The van der Waals surface area contributed by atoms with Crippen LogP contribution in [-0.4, -0.2) is 4.98 Å². The Bertz CT molecular complexity index is 427. The van der Waals surface area contributed by atoms with Gasteiger partial charge in [0.15, 0.2) is 5.76 Å². The lowest BCUT2D eigenvalue weighted by atomic mass is 10.2. The fourth-order valence-electron chi connectivity index (χ4n) is 1.03. The van der Waals surface area contributed by atoms with Gasteiger partial charge in [0.05, 0.1) is 6.20 Å². The highest BCUT2D eigenvalue weighted by molar-refractivity contribution is 9.10. The van der Waals surface area contributed by atoms with Gasteiger partial charge in [-0.3, -0.25) is 0 Å². The number of benzene rings is 1. The Morgan fingerprint density at radius 2 is 2.23 bits per heavy atom. The van der Waals surface area contributed by atoms with Crippen molar-refractivity contribution in [3.05, 3.63) is 40.3 Å². The van der Waals surface area contributed by atoms with Crippen LogP contribution < -0.4 is 0 Å². The van der Waals surface area contributed by atoms with Crippen molar-refractivity contribution in [1.82, 2.24) is 4.98 Å². The second kappa shape index (κ2) is 3.52. The van der Waals surface area contributed by atoms with Crippen LogP contribution in [0.5, 0.6) is 0 Å². The number of halogens is 2. The fraction of sp³-hybridized carbons (Fsp3) is 0. The first-order valence-corrected chi connectivity index (χ1v) is 4.80. The number of oxazole rings is 1. The molecule has 0 amide bonds. The van der Waals surface area contributed by atoms with Gasteiger partial charge in [-0.05, 0) is 23.7 Å². The van der Waals surface area contributed by atoms with Gasteiger partial charge >= 0.3 is 0 Å². The maximum Gasteiger partial charge on any atom is 0.292 e. The molecular weight excluding hydrogens is 253 g/mol. The van der Waals surface area contributed by atoms with Crippen LogP contribution in [0.4, 0.5) is 0 Å². The van der Waals surface area contributed by atoms with Gasteiger partial charge in [0, 0.05) is 10.0 Å². The van der Waals surface area contributed by atoms with Crippen LogP contribution in [0.3, 0.4) is 0 Å². The minimum Gasteiger partial charge on any atom is -0.428 e. The summed E-state index contributed by atoms with van der Waals surface area (Å²) in [6.07, 6.45) is 1.60. The van der Waals surface area contributed by atoms with Crippen molar-refractivity contribution in [3.63, 3.8) is 0 Å². The van der Waals surface area contributed by atoms with E-state index >= 15 is 0 Å². The van der Waals surface area contributed by atoms with Gasteiger partial charge in [0.1, 0.15) is 0 Å². The molecule has 0 radical (unpaired) electrons. The monoisotopic (exact) mass is 257 g/mol. The topological polar surface area (TPSA) is 26.0 Å². The van der Waals surface area contributed by atoms with E-state index in [2.05, 4.69) is 20.9 Å². The Morgan fingerprint density at radius 1 is 1.38 bits per heavy atom. The van der Waals surface area contributed by atoms with Crippen LogP contribution in [-0.2, 0) is 0 Å². The van der Waals surface area contributed by atoms with Gasteiger partial charge in [-0.25, -0.2) is 4.98 Å². The number of nitrogens with zero attached hydrogens (tertiary/aromatic N) is 1. The van der Waals surface area contributed by atoms with E-state index in [0.29, 0.717) is 5.76 Å². The molecule has 1 heterocycles. The summed E-state index contributed by atoms with van der Waals surface area (Å²) in [6.45, 7) is 0. The average Bonchev–Trinajstić information content (AvgIpc) is 2.52. The maximum atomic E-state index is 5.56. The molecule has 0 unspecified atom stereocenters. The predicted molar refractivity (Wildman–Crippen MR) is 54.6 cm³/mol. The van der Waals surface area contributed by atoms with Gasteiger partial charge in [0.2, 0.25) is 0 Å². The summed E-state index contributed by atoms with van der Waals surface area (Å²) < 4.78 is 6.16. The third kappa shape index (κ3) is 1.92. The predicted octanol–water partition coefficient (Wildman–Crippen LogP) is 3.76. The summed E-state index contributed by atoms with van der Waals surface area (Å²) in [4.78, 5) is 3.81. The molecule has 0 saturated heterocycles. The summed E-state index contributed by atoms with van der Waals surface area (Å²) in [7, 11) is 0. The van der Waals surface area contributed by atoms with Gasteiger partial charge in [-0.2, -0.15) is 0 Å². The molecular formula is C9H5BrClNO. The molecule has 0 aliphatic heterocycles. The highest BCUT2D eigenvalue weighted by Gasteiger charge is 2.03. The van der Waals surface area contributed by atoms with E-state index in [0.717, 1.165) is 10.0 Å². The highest BCUT2D eigenvalue weighted by atomic mass is 79.9. The molecule has 0 saturated carbocycles. The van der Waals surface area contributed by atoms with Crippen molar-refractivity contribution >= 4 is 27.5 Å². The molecule has 0 atom stereocenters. The van der Waals surface area contributed by atoms with Crippen molar-refractivity contribution in [3.8, 4) is 11.3 Å².